The van der Waals surface area contributed by atoms with E-state index in [0.29, 0.717) is 19.1 Å². The third-order valence-electron chi connectivity index (χ3n) is 4.19. The van der Waals surface area contributed by atoms with Crippen LogP contribution in [0.5, 0.6) is 0 Å². The van der Waals surface area contributed by atoms with Gasteiger partial charge in [-0.05, 0) is 45.4 Å². The second kappa shape index (κ2) is 6.42. The predicted octanol–water partition coefficient (Wildman–Crippen LogP) is 3.08. The highest BCUT2D eigenvalue weighted by Gasteiger charge is 2.32. The van der Waals surface area contributed by atoms with Crippen LogP contribution in [0.2, 0.25) is 0 Å². The topological polar surface area (TPSA) is 44.1 Å². The number of ether oxygens (including phenoxy) is 1. The van der Waals surface area contributed by atoms with Gasteiger partial charge in [0.05, 0.1) is 24.8 Å². The number of aryl methyl sites for hydroxylation is 1. The van der Waals surface area contributed by atoms with Crippen molar-refractivity contribution < 1.29 is 9.53 Å². The number of hydrogen-bond acceptors (Lipinski definition) is 3. The van der Waals surface area contributed by atoms with E-state index in [9.17, 15) is 4.79 Å². The molecule has 1 aromatic rings. The molecule has 1 heterocycles. The molecule has 4 nitrogen and oxygen atoms in total. The van der Waals surface area contributed by atoms with Crippen LogP contribution >= 0.6 is 0 Å². The molecule has 0 radical (unpaired) electrons. The molecule has 0 N–H and O–H groups in total. The zero-order valence-electron chi connectivity index (χ0n) is 13.1. The highest BCUT2D eigenvalue weighted by atomic mass is 16.5. The lowest BCUT2D eigenvalue weighted by Crippen LogP contribution is -2.14. The fourth-order valence-electron chi connectivity index (χ4n) is 2.89. The highest BCUT2D eigenvalue weighted by molar-refractivity contribution is 5.73. The number of carbonyl (C=O) groups excluding carboxylic acids is 1. The summed E-state index contributed by atoms with van der Waals surface area (Å²) in [6.45, 7) is 8.77. The van der Waals surface area contributed by atoms with Crippen LogP contribution in [0.4, 0.5) is 0 Å². The van der Waals surface area contributed by atoms with Crippen molar-refractivity contribution in [2.75, 3.05) is 6.61 Å². The molecular weight excluding hydrogens is 252 g/mol. The second-order valence-electron chi connectivity index (χ2n) is 5.58. The van der Waals surface area contributed by atoms with Gasteiger partial charge in [0, 0.05) is 11.3 Å². The lowest BCUT2D eigenvalue weighted by Gasteiger charge is -2.15. The zero-order valence-corrected chi connectivity index (χ0v) is 13.1. The van der Waals surface area contributed by atoms with Crippen molar-refractivity contribution >= 4 is 5.97 Å². The van der Waals surface area contributed by atoms with Crippen molar-refractivity contribution in [3.8, 4) is 0 Å². The van der Waals surface area contributed by atoms with Gasteiger partial charge in [0.25, 0.3) is 0 Å². The molecular formula is C16H26N2O2. The van der Waals surface area contributed by atoms with E-state index in [-0.39, 0.29) is 5.97 Å². The minimum Gasteiger partial charge on any atom is -0.466 e. The molecule has 1 aliphatic rings. The third-order valence-corrected chi connectivity index (χ3v) is 4.19. The molecule has 0 saturated heterocycles. The summed E-state index contributed by atoms with van der Waals surface area (Å²) in [5.74, 6) is 0.621. The molecule has 1 unspecified atom stereocenters. The highest BCUT2D eigenvalue weighted by Crippen LogP contribution is 2.40. The van der Waals surface area contributed by atoms with Crippen LogP contribution in [-0.4, -0.2) is 22.4 Å². The Bertz CT molecular complexity index is 475. The monoisotopic (exact) mass is 278 g/mol. The SMILES string of the molecule is CCOC(=O)Cc1c(CC)nn(C(C)C2CC2)c1CC. The molecule has 20 heavy (non-hydrogen) atoms. The van der Waals surface area contributed by atoms with Gasteiger partial charge in [0.15, 0.2) is 0 Å². The molecule has 112 valence electrons. The van der Waals surface area contributed by atoms with Gasteiger partial charge in [-0.3, -0.25) is 9.48 Å². The largest absolute Gasteiger partial charge is 0.466 e. The van der Waals surface area contributed by atoms with Crippen molar-refractivity contribution in [2.24, 2.45) is 5.92 Å². The summed E-state index contributed by atoms with van der Waals surface area (Å²) in [5.41, 5.74) is 3.37. The lowest BCUT2D eigenvalue weighted by atomic mass is 10.1. The first-order chi connectivity index (χ1) is 9.62. The van der Waals surface area contributed by atoms with Gasteiger partial charge >= 0.3 is 5.97 Å². The first-order valence-corrected chi connectivity index (χ1v) is 7.87. The lowest BCUT2D eigenvalue weighted by molar-refractivity contribution is -0.142. The number of aromatic nitrogens is 2. The Morgan fingerprint density at radius 1 is 1.35 bits per heavy atom. The molecule has 4 heteroatoms. The van der Waals surface area contributed by atoms with Gasteiger partial charge in [-0.1, -0.05) is 13.8 Å². The van der Waals surface area contributed by atoms with Gasteiger partial charge < -0.3 is 4.74 Å². The molecule has 1 saturated carbocycles. The summed E-state index contributed by atoms with van der Waals surface area (Å²) < 4.78 is 7.27. The van der Waals surface area contributed by atoms with Crippen molar-refractivity contribution in [1.29, 1.82) is 0 Å². The van der Waals surface area contributed by atoms with E-state index in [2.05, 4.69) is 25.5 Å². The average molecular weight is 278 g/mol. The first kappa shape index (κ1) is 15.1. The van der Waals surface area contributed by atoms with Crippen molar-refractivity contribution in [2.45, 2.75) is 65.8 Å². The molecule has 0 amide bonds. The molecule has 1 fully saturated rings. The summed E-state index contributed by atoms with van der Waals surface area (Å²) in [7, 11) is 0. The summed E-state index contributed by atoms with van der Waals surface area (Å²) >= 11 is 0. The van der Waals surface area contributed by atoms with Gasteiger partial charge in [-0.2, -0.15) is 5.10 Å². The zero-order chi connectivity index (χ0) is 14.7. The number of carbonyl (C=O) groups is 1. The molecule has 2 rings (SSSR count). The van der Waals surface area contributed by atoms with Crippen molar-refractivity contribution in [3.63, 3.8) is 0 Å². The van der Waals surface area contributed by atoms with E-state index in [1.54, 1.807) is 0 Å². The Morgan fingerprint density at radius 2 is 2.05 bits per heavy atom. The number of esters is 1. The number of nitrogens with zero attached hydrogens (tertiary/aromatic N) is 2. The average Bonchev–Trinajstić information content (AvgIpc) is 3.21. The maximum absolute atomic E-state index is 11.8. The Hall–Kier alpha value is -1.32. The summed E-state index contributed by atoms with van der Waals surface area (Å²) in [4.78, 5) is 11.8. The third kappa shape index (κ3) is 3.05. The van der Waals surface area contributed by atoms with Crippen LogP contribution in [0.25, 0.3) is 0 Å². The van der Waals surface area contributed by atoms with Crippen LogP contribution in [0, 0.1) is 5.92 Å². The molecule has 1 aliphatic carbocycles. The summed E-state index contributed by atoms with van der Waals surface area (Å²) in [5, 5.41) is 4.78. The molecule has 0 bridgehead atoms. The number of rotatable bonds is 7. The smallest absolute Gasteiger partial charge is 0.310 e. The maximum Gasteiger partial charge on any atom is 0.310 e. The van der Waals surface area contributed by atoms with Gasteiger partial charge in [0.1, 0.15) is 0 Å². The summed E-state index contributed by atoms with van der Waals surface area (Å²) in [6.07, 6.45) is 4.75. The normalized spacial score (nSPS) is 16.2. The predicted molar refractivity (Wildman–Crippen MR) is 78.8 cm³/mol. The van der Waals surface area contributed by atoms with Crippen LogP contribution < -0.4 is 0 Å². The molecule has 0 spiro atoms. The van der Waals surface area contributed by atoms with Crippen LogP contribution in [0.1, 0.15) is 63.5 Å². The number of hydrogen-bond donors (Lipinski definition) is 0. The van der Waals surface area contributed by atoms with Crippen LogP contribution in [0.3, 0.4) is 0 Å². The first-order valence-electron chi connectivity index (χ1n) is 7.87. The molecule has 0 aromatic carbocycles. The van der Waals surface area contributed by atoms with E-state index in [1.165, 1.54) is 18.5 Å². The minimum atomic E-state index is -0.143. The van der Waals surface area contributed by atoms with Crippen molar-refractivity contribution in [1.82, 2.24) is 9.78 Å². The molecule has 1 atom stereocenters. The minimum absolute atomic E-state index is 0.143. The fourth-order valence-corrected chi connectivity index (χ4v) is 2.89. The van der Waals surface area contributed by atoms with E-state index >= 15 is 0 Å². The van der Waals surface area contributed by atoms with Crippen LogP contribution in [-0.2, 0) is 28.8 Å². The van der Waals surface area contributed by atoms with E-state index in [4.69, 9.17) is 9.84 Å². The van der Waals surface area contributed by atoms with E-state index < -0.39 is 0 Å². The Kier molecular flexibility index (Phi) is 4.84. The van der Waals surface area contributed by atoms with Crippen molar-refractivity contribution in [3.05, 3.63) is 17.0 Å². The Labute approximate surface area is 121 Å². The van der Waals surface area contributed by atoms with Gasteiger partial charge in [-0.15, -0.1) is 0 Å². The van der Waals surface area contributed by atoms with E-state index in [1.807, 2.05) is 6.92 Å². The molecule has 1 aromatic heterocycles. The maximum atomic E-state index is 11.8. The van der Waals surface area contributed by atoms with Gasteiger partial charge in [-0.25, -0.2) is 0 Å². The second-order valence-corrected chi connectivity index (χ2v) is 5.58. The van der Waals surface area contributed by atoms with E-state index in [0.717, 1.165) is 30.0 Å². The molecule has 0 aliphatic heterocycles. The Balaban J connectivity index is 2.30. The standard InChI is InChI=1S/C16H26N2O2/c1-5-14-13(10-16(19)20-7-3)15(6-2)18(17-14)11(4)12-8-9-12/h11-12H,5-10H2,1-4H3. The quantitative estimate of drug-likeness (QED) is 0.720. The fraction of sp³-hybridized carbons (Fsp3) is 0.750. The van der Waals surface area contributed by atoms with Gasteiger partial charge in [0.2, 0.25) is 0 Å². The Morgan fingerprint density at radius 3 is 2.55 bits per heavy atom. The summed E-state index contributed by atoms with van der Waals surface area (Å²) in [6, 6.07) is 0.450. The van der Waals surface area contributed by atoms with Crippen LogP contribution in [0.15, 0.2) is 0 Å².